The summed E-state index contributed by atoms with van der Waals surface area (Å²) in [5.74, 6) is 0. The molecule has 0 unspecified atom stereocenters. The SMILES string of the molecule is CC(SC1CC1)SC1CC1. The van der Waals surface area contributed by atoms with Gasteiger partial charge in [0.05, 0.1) is 0 Å². The van der Waals surface area contributed by atoms with Gasteiger partial charge in [0.2, 0.25) is 0 Å². The van der Waals surface area contributed by atoms with Gasteiger partial charge in [0.1, 0.15) is 0 Å². The first-order chi connectivity index (χ1) is 4.84. The lowest BCUT2D eigenvalue weighted by Gasteiger charge is -2.07. The molecule has 0 aromatic heterocycles. The normalized spacial score (nSPS) is 25.8. The molecule has 0 aliphatic heterocycles. The molecule has 2 heteroatoms. The van der Waals surface area contributed by atoms with Crippen molar-refractivity contribution in [1.29, 1.82) is 0 Å². The molecule has 58 valence electrons. The van der Waals surface area contributed by atoms with Gasteiger partial charge in [-0.3, -0.25) is 0 Å². The Morgan fingerprint density at radius 3 is 1.70 bits per heavy atom. The molecule has 0 heterocycles. The molecule has 0 N–H and O–H groups in total. The second-order valence-electron chi connectivity index (χ2n) is 3.24. The number of thioether (sulfide) groups is 2. The summed E-state index contributed by atoms with van der Waals surface area (Å²) in [4.78, 5) is 0. The third-order valence-electron chi connectivity index (χ3n) is 1.82. The molecule has 0 amide bonds. The highest BCUT2D eigenvalue weighted by molar-refractivity contribution is 8.17. The van der Waals surface area contributed by atoms with Crippen molar-refractivity contribution in [2.75, 3.05) is 0 Å². The number of hydrogen-bond acceptors (Lipinski definition) is 2. The van der Waals surface area contributed by atoms with Gasteiger partial charge in [-0.2, -0.15) is 0 Å². The van der Waals surface area contributed by atoms with Gasteiger partial charge >= 0.3 is 0 Å². The van der Waals surface area contributed by atoms with Crippen molar-refractivity contribution < 1.29 is 0 Å². The molecule has 2 rings (SSSR count). The minimum atomic E-state index is 0.875. The average molecular weight is 174 g/mol. The van der Waals surface area contributed by atoms with Crippen LogP contribution in [0.2, 0.25) is 0 Å². The highest BCUT2D eigenvalue weighted by Crippen LogP contribution is 2.45. The molecule has 2 saturated carbocycles. The van der Waals surface area contributed by atoms with E-state index in [0.717, 1.165) is 15.1 Å². The molecule has 0 bridgehead atoms. The van der Waals surface area contributed by atoms with Crippen LogP contribution < -0.4 is 0 Å². The molecule has 0 saturated heterocycles. The Labute approximate surface area is 71.5 Å². The Morgan fingerprint density at radius 2 is 1.40 bits per heavy atom. The van der Waals surface area contributed by atoms with E-state index in [1.165, 1.54) is 25.7 Å². The van der Waals surface area contributed by atoms with Gasteiger partial charge in [0, 0.05) is 15.1 Å². The van der Waals surface area contributed by atoms with Crippen LogP contribution in [0.25, 0.3) is 0 Å². The van der Waals surface area contributed by atoms with Crippen LogP contribution in [-0.2, 0) is 0 Å². The van der Waals surface area contributed by atoms with Crippen LogP contribution in [0.3, 0.4) is 0 Å². The molecule has 0 nitrogen and oxygen atoms in total. The zero-order valence-corrected chi connectivity index (χ0v) is 8.01. The van der Waals surface area contributed by atoms with Crippen LogP contribution in [0, 0.1) is 0 Å². The summed E-state index contributed by atoms with van der Waals surface area (Å²) < 4.78 is 0.875. The van der Waals surface area contributed by atoms with E-state index in [0.29, 0.717) is 0 Å². The second-order valence-corrected chi connectivity index (χ2v) is 6.83. The number of rotatable bonds is 4. The fourth-order valence-electron chi connectivity index (χ4n) is 0.982. The Morgan fingerprint density at radius 1 is 1.00 bits per heavy atom. The molecule has 2 aliphatic rings. The monoisotopic (exact) mass is 174 g/mol. The minimum Gasteiger partial charge on any atom is -0.145 e. The topological polar surface area (TPSA) is 0 Å². The quantitative estimate of drug-likeness (QED) is 0.601. The summed E-state index contributed by atoms with van der Waals surface area (Å²) in [6.45, 7) is 2.37. The molecule has 0 aromatic carbocycles. The lowest BCUT2D eigenvalue weighted by Crippen LogP contribution is -1.92. The molecular formula is C8H14S2. The molecule has 0 atom stereocenters. The maximum Gasteiger partial charge on any atom is 0.0479 e. The summed E-state index contributed by atoms with van der Waals surface area (Å²) in [5.41, 5.74) is 0. The first-order valence-corrected chi connectivity index (χ1v) is 6.04. The molecule has 0 spiro atoms. The van der Waals surface area contributed by atoms with Gasteiger partial charge < -0.3 is 0 Å². The minimum absolute atomic E-state index is 0.875. The first kappa shape index (κ1) is 7.35. The van der Waals surface area contributed by atoms with Gasteiger partial charge in [0.15, 0.2) is 0 Å². The van der Waals surface area contributed by atoms with E-state index < -0.39 is 0 Å². The van der Waals surface area contributed by atoms with Crippen molar-refractivity contribution in [3.05, 3.63) is 0 Å². The summed E-state index contributed by atoms with van der Waals surface area (Å²) >= 11 is 4.39. The van der Waals surface area contributed by atoms with Gasteiger partial charge in [-0.25, -0.2) is 0 Å². The van der Waals surface area contributed by atoms with E-state index >= 15 is 0 Å². The van der Waals surface area contributed by atoms with E-state index in [2.05, 4.69) is 30.4 Å². The first-order valence-electron chi connectivity index (χ1n) is 4.15. The highest BCUT2D eigenvalue weighted by atomic mass is 32.2. The summed E-state index contributed by atoms with van der Waals surface area (Å²) in [7, 11) is 0. The molecule has 2 fully saturated rings. The van der Waals surface area contributed by atoms with Crippen LogP contribution in [0.1, 0.15) is 32.6 Å². The smallest absolute Gasteiger partial charge is 0.0479 e. The molecule has 2 aliphatic carbocycles. The Kier molecular flexibility index (Phi) is 2.19. The van der Waals surface area contributed by atoms with Crippen molar-refractivity contribution in [2.24, 2.45) is 0 Å². The van der Waals surface area contributed by atoms with E-state index in [1.54, 1.807) is 0 Å². The highest BCUT2D eigenvalue weighted by Gasteiger charge is 2.29. The summed E-state index contributed by atoms with van der Waals surface area (Å²) in [5, 5.41) is 2.09. The zero-order chi connectivity index (χ0) is 6.97. The van der Waals surface area contributed by atoms with Crippen molar-refractivity contribution in [3.8, 4) is 0 Å². The van der Waals surface area contributed by atoms with Crippen molar-refractivity contribution in [3.63, 3.8) is 0 Å². The van der Waals surface area contributed by atoms with E-state index in [-0.39, 0.29) is 0 Å². The van der Waals surface area contributed by atoms with Gasteiger partial charge in [-0.05, 0) is 32.6 Å². The average Bonchev–Trinajstić information content (AvgIpc) is 2.59. The molecule has 0 radical (unpaired) electrons. The summed E-state index contributed by atoms with van der Waals surface area (Å²) in [6.07, 6.45) is 5.95. The van der Waals surface area contributed by atoms with Crippen LogP contribution in [0.15, 0.2) is 0 Å². The van der Waals surface area contributed by atoms with Gasteiger partial charge in [-0.1, -0.05) is 0 Å². The van der Waals surface area contributed by atoms with Crippen molar-refractivity contribution in [1.82, 2.24) is 0 Å². The Balaban J connectivity index is 1.60. The predicted octanol–water partition coefficient (Wildman–Crippen LogP) is 3.12. The third kappa shape index (κ3) is 2.39. The van der Waals surface area contributed by atoms with Crippen molar-refractivity contribution >= 4 is 23.5 Å². The molecular weight excluding hydrogens is 160 g/mol. The second kappa shape index (κ2) is 2.98. The predicted molar refractivity (Wildman–Crippen MR) is 50.7 cm³/mol. The van der Waals surface area contributed by atoms with Gasteiger partial charge in [-0.15, -0.1) is 23.5 Å². The van der Waals surface area contributed by atoms with E-state index in [9.17, 15) is 0 Å². The third-order valence-corrected chi connectivity index (χ3v) is 4.96. The zero-order valence-electron chi connectivity index (χ0n) is 6.38. The van der Waals surface area contributed by atoms with E-state index in [1.807, 2.05) is 0 Å². The van der Waals surface area contributed by atoms with Crippen molar-refractivity contribution in [2.45, 2.75) is 47.7 Å². The maximum atomic E-state index is 2.37. The summed E-state index contributed by atoms with van der Waals surface area (Å²) in [6, 6.07) is 0. The van der Waals surface area contributed by atoms with Crippen LogP contribution in [0.4, 0.5) is 0 Å². The lowest BCUT2D eigenvalue weighted by atomic mass is 10.9. The van der Waals surface area contributed by atoms with E-state index in [4.69, 9.17) is 0 Å². The Hall–Kier alpha value is 0.700. The van der Waals surface area contributed by atoms with Crippen LogP contribution in [-0.4, -0.2) is 15.1 Å². The maximum absolute atomic E-state index is 2.37. The van der Waals surface area contributed by atoms with Crippen LogP contribution >= 0.6 is 23.5 Å². The number of hydrogen-bond donors (Lipinski definition) is 0. The Bertz CT molecular complexity index is 102. The van der Waals surface area contributed by atoms with Crippen LogP contribution in [0.5, 0.6) is 0 Å². The standard InChI is InChI=1S/C8H14S2/c1-6(9-7-2-3-7)10-8-4-5-8/h6-8H,2-5H2,1H3. The van der Waals surface area contributed by atoms with Gasteiger partial charge in [0.25, 0.3) is 0 Å². The molecule has 0 aromatic rings. The molecule has 10 heavy (non-hydrogen) atoms. The fourth-order valence-corrected chi connectivity index (χ4v) is 4.08. The fraction of sp³-hybridized carbons (Fsp3) is 1.00. The largest absolute Gasteiger partial charge is 0.145 e. The lowest BCUT2D eigenvalue weighted by molar-refractivity contribution is 1.36.